The summed E-state index contributed by atoms with van der Waals surface area (Å²) in [6, 6.07) is 10.9. The molecule has 0 aliphatic rings. The molecule has 0 radical (unpaired) electrons. The van der Waals surface area contributed by atoms with Crippen LogP contribution in [0.3, 0.4) is 0 Å². The lowest BCUT2D eigenvalue weighted by Crippen LogP contribution is -2.28. The highest BCUT2D eigenvalue weighted by Crippen LogP contribution is 2.23. The molecule has 2 aromatic rings. The standard InChI is InChI=1S/C21H27N3O2/c1-14(2)13-23-20(26)18-12-15(10-11-22-18)19(25)24-17-8-6-16(7-9-17)21(3,4)5/h6-12,14H,13H2,1-5H3,(H,23,26)(H,24,25). The Hall–Kier alpha value is -2.69. The molecule has 0 aliphatic heterocycles. The average Bonchev–Trinajstić information content (AvgIpc) is 2.59. The maximum Gasteiger partial charge on any atom is 0.269 e. The minimum Gasteiger partial charge on any atom is -0.350 e. The van der Waals surface area contributed by atoms with Crippen molar-refractivity contribution in [3.8, 4) is 0 Å². The molecule has 5 nitrogen and oxygen atoms in total. The van der Waals surface area contributed by atoms with Gasteiger partial charge in [-0.05, 0) is 41.2 Å². The molecule has 2 N–H and O–H groups in total. The van der Waals surface area contributed by atoms with E-state index in [4.69, 9.17) is 0 Å². The number of pyridine rings is 1. The first-order valence-corrected chi connectivity index (χ1v) is 8.83. The quantitative estimate of drug-likeness (QED) is 0.853. The van der Waals surface area contributed by atoms with Gasteiger partial charge in [0.05, 0.1) is 0 Å². The maximum absolute atomic E-state index is 12.5. The fourth-order valence-corrected chi connectivity index (χ4v) is 2.34. The lowest BCUT2D eigenvalue weighted by atomic mass is 9.87. The van der Waals surface area contributed by atoms with Gasteiger partial charge in [0.1, 0.15) is 5.69 Å². The summed E-state index contributed by atoms with van der Waals surface area (Å²) in [6.45, 7) is 11.0. The largest absolute Gasteiger partial charge is 0.350 e. The zero-order valence-corrected chi connectivity index (χ0v) is 16.1. The van der Waals surface area contributed by atoms with Crippen molar-refractivity contribution in [2.75, 3.05) is 11.9 Å². The normalized spacial score (nSPS) is 11.3. The van der Waals surface area contributed by atoms with E-state index < -0.39 is 0 Å². The lowest BCUT2D eigenvalue weighted by molar-refractivity contribution is 0.0944. The van der Waals surface area contributed by atoms with E-state index in [0.717, 1.165) is 0 Å². The van der Waals surface area contributed by atoms with Crippen LogP contribution in [-0.4, -0.2) is 23.3 Å². The molecule has 0 bridgehead atoms. The van der Waals surface area contributed by atoms with E-state index >= 15 is 0 Å². The van der Waals surface area contributed by atoms with Gasteiger partial charge in [-0.2, -0.15) is 0 Å². The number of nitrogens with one attached hydrogen (secondary N) is 2. The maximum atomic E-state index is 12.5. The van der Waals surface area contributed by atoms with Crippen LogP contribution in [0.5, 0.6) is 0 Å². The van der Waals surface area contributed by atoms with Gasteiger partial charge in [0, 0.05) is 24.0 Å². The predicted octanol–water partition coefficient (Wildman–Crippen LogP) is 4.02. The smallest absolute Gasteiger partial charge is 0.269 e. The molecule has 0 spiro atoms. The van der Waals surface area contributed by atoms with Gasteiger partial charge in [-0.15, -0.1) is 0 Å². The molecule has 0 saturated carbocycles. The van der Waals surface area contributed by atoms with E-state index in [1.807, 2.05) is 38.1 Å². The predicted molar refractivity (Wildman–Crippen MR) is 105 cm³/mol. The molecule has 0 aliphatic carbocycles. The third-order valence-electron chi connectivity index (χ3n) is 3.93. The number of hydrogen-bond acceptors (Lipinski definition) is 3. The molecular formula is C21H27N3O2. The SMILES string of the molecule is CC(C)CNC(=O)c1cc(C(=O)Nc2ccc(C(C)(C)C)cc2)ccn1. The summed E-state index contributed by atoms with van der Waals surface area (Å²) >= 11 is 0. The van der Waals surface area contributed by atoms with Crippen molar-refractivity contribution in [3.63, 3.8) is 0 Å². The Labute approximate surface area is 155 Å². The molecule has 0 saturated heterocycles. The monoisotopic (exact) mass is 353 g/mol. The second-order valence-corrected chi connectivity index (χ2v) is 7.82. The minimum absolute atomic E-state index is 0.0614. The number of benzene rings is 1. The second kappa shape index (κ2) is 8.13. The molecule has 2 amide bonds. The summed E-state index contributed by atoms with van der Waals surface area (Å²) < 4.78 is 0. The first-order chi connectivity index (χ1) is 12.2. The van der Waals surface area contributed by atoms with Crippen molar-refractivity contribution in [3.05, 3.63) is 59.4 Å². The molecule has 1 aromatic carbocycles. The fraction of sp³-hybridized carbons (Fsp3) is 0.381. The van der Waals surface area contributed by atoms with Crippen LogP contribution in [0.2, 0.25) is 0 Å². The summed E-state index contributed by atoms with van der Waals surface area (Å²) in [5, 5.41) is 5.66. The number of carbonyl (C=O) groups excluding carboxylic acids is 2. The van der Waals surface area contributed by atoms with Crippen LogP contribution in [0.4, 0.5) is 5.69 Å². The Morgan fingerprint density at radius 3 is 2.27 bits per heavy atom. The van der Waals surface area contributed by atoms with Crippen LogP contribution in [0.15, 0.2) is 42.6 Å². The van der Waals surface area contributed by atoms with Gasteiger partial charge in [0.15, 0.2) is 0 Å². The van der Waals surface area contributed by atoms with Gasteiger partial charge in [-0.25, -0.2) is 0 Å². The van der Waals surface area contributed by atoms with Crippen LogP contribution in [0.1, 0.15) is 61.0 Å². The van der Waals surface area contributed by atoms with Crippen molar-refractivity contribution in [1.82, 2.24) is 10.3 Å². The van der Waals surface area contributed by atoms with E-state index in [1.54, 1.807) is 6.07 Å². The molecule has 0 unspecified atom stereocenters. The summed E-state index contributed by atoms with van der Waals surface area (Å²) in [5.74, 6) is -0.196. The highest BCUT2D eigenvalue weighted by molar-refractivity contribution is 6.05. The van der Waals surface area contributed by atoms with Crippen molar-refractivity contribution < 1.29 is 9.59 Å². The average molecular weight is 353 g/mol. The molecule has 0 fully saturated rings. The number of rotatable bonds is 5. The van der Waals surface area contributed by atoms with Crippen molar-refractivity contribution >= 4 is 17.5 Å². The molecular weight excluding hydrogens is 326 g/mol. The molecule has 0 atom stereocenters. The Balaban J connectivity index is 2.08. The topological polar surface area (TPSA) is 71.1 Å². The molecule has 2 rings (SSSR count). The third kappa shape index (κ3) is 5.41. The number of amides is 2. The number of aromatic nitrogens is 1. The highest BCUT2D eigenvalue weighted by atomic mass is 16.2. The number of carbonyl (C=O) groups is 2. The van der Waals surface area contributed by atoms with Gasteiger partial charge in [0.2, 0.25) is 0 Å². The van der Waals surface area contributed by atoms with Gasteiger partial charge in [-0.1, -0.05) is 46.8 Å². The first-order valence-electron chi connectivity index (χ1n) is 8.83. The van der Waals surface area contributed by atoms with Crippen molar-refractivity contribution in [2.24, 2.45) is 5.92 Å². The van der Waals surface area contributed by atoms with E-state index in [2.05, 4.69) is 36.4 Å². The second-order valence-electron chi connectivity index (χ2n) is 7.82. The Morgan fingerprint density at radius 2 is 1.69 bits per heavy atom. The van der Waals surface area contributed by atoms with E-state index in [9.17, 15) is 9.59 Å². The van der Waals surface area contributed by atoms with Crippen LogP contribution in [-0.2, 0) is 5.41 Å². The molecule has 26 heavy (non-hydrogen) atoms. The summed E-state index contributed by atoms with van der Waals surface area (Å²) in [7, 11) is 0. The van der Waals surface area contributed by atoms with Crippen molar-refractivity contribution in [1.29, 1.82) is 0 Å². The van der Waals surface area contributed by atoms with Gasteiger partial charge in [-0.3, -0.25) is 14.6 Å². The van der Waals surface area contributed by atoms with Crippen LogP contribution >= 0.6 is 0 Å². The zero-order valence-electron chi connectivity index (χ0n) is 16.1. The van der Waals surface area contributed by atoms with E-state index in [1.165, 1.54) is 17.8 Å². The highest BCUT2D eigenvalue weighted by Gasteiger charge is 2.15. The molecule has 1 aromatic heterocycles. The summed E-state index contributed by atoms with van der Waals surface area (Å²) in [5.41, 5.74) is 2.61. The Kier molecular flexibility index (Phi) is 6.14. The number of hydrogen-bond donors (Lipinski definition) is 2. The van der Waals surface area contributed by atoms with Crippen LogP contribution in [0.25, 0.3) is 0 Å². The summed E-state index contributed by atoms with van der Waals surface area (Å²) in [4.78, 5) is 28.6. The van der Waals surface area contributed by atoms with Crippen molar-refractivity contribution in [2.45, 2.75) is 40.0 Å². The minimum atomic E-state index is -0.275. The van der Waals surface area contributed by atoms with Gasteiger partial charge in [0.25, 0.3) is 11.8 Å². The number of nitrogens with zero attached hydrogens (tertiary/aromatic N) is 1. The Bertz CT molecular complexity index is 775. The summed E-state index contributed by atoms with van der Waals surface area (Å²) in [6.07, 6.45) is 1.47. The Morgan fingerprint density at radius 1 is 1.04 bits per heavy atom. The van der Waals surface area contributed by atoms with E-state index in [0.29, 0.717) is 23.7 Å². The van der Waals surface area contributed by atoms with Gasteiger partial charge < -0.3 is 10.6 Å². The molecule has 1 heterocycles. The van der Waals surface area contributed by atoms with E-state index in [-0.39, 0.29) is 22.9 Å². The van der Waals surface area contributed by atoms with Crippen LogP contribution < -0.4 is 10.6 Å². The van der Waals surface area contributed by atoms with Gasteiger partial charge >= 0.3 is 0 Å². The fourth-order valence-electron chi connectivity index (χ4n) is 2.34. The lowest BCUT2D eigenvalue weighted by Gasteiger charge is -2.19. The zero-order chi connectivity index (χ0) is 19.3. The van der Waals surface area contributed by atoms with Crippen LogP contribution in [0, 0.1) is 5.92 Å². The first kappa shape index (κ1) is 19.6. The molecule has 138 valence electrons. The number of anilines is 1. The molecule has 5 heteroatoms. The third-order valence-corrected chi connectivity index (χ3v) is 3.93.